The summed E-state index contributed by atoms with van der Waals surface area (Å²) >= 11 is 0. The smallest absolute Gasteiger partial charge is 0.323 e. The van der Waals surface area contributed by atoms with Gasteiger partial charge in [-0.3, -0.25) is 14.2 Å². The van der Waals surface area contributed by atoms with Crippen molar-refractivity contribution in [3.8, 4) is 11.3 Å². The van der Waals surface area contributed by atoms with Gasteiger partial charge in [-0.1, -0.05) is 0 Å². The zero-order valence-corrected chi connectivity index (χ0v) is 9.21. The van der Waals surface area contributed by atoms with Gasteiger partial charge in [0.25, 0.3) is 5.56 Å². The van der Waals surface area contributed by atoms with Crippen LogP contribution < -0.4 is 5.56 Å². The van der Waals surface area contributed by atoms with E-state index in [0.717, 1.165) is 10.9 Å². The topological polar surface area (TPSA) is 72.2 Å². The summed E-state index contributed by atoms with van der Waals surface area (Å²) in [6, 6.07) is 6.74. The highest BCUT2D eigenvalue weighted by molar-refractivity contribution is 5.66. The number of hydrogen-bond acceptors (Lipinski definition) is 3. The summed E-state index contributed by atoms with van der Waals surface area (Å²) in [7, 11) is 0. The third kappa shape index (κ3) is 2.60. The molecular formula is C12H9FN2O3. The van der Waals surface area contributed by atoms with Crippen molar-refractivity contribution in [3.05, 3.63) is 52.8 Å². The molecule has 0 saturated carbocycles. The lowest BCUT2D eigenvalue weighted by Crippen LogP contribution is -2.23. The number of hydrogen-bond donors (Lipinski definition) is 1. The standard InChI is InChI=1S/C12H9FN2O3/c13-9-3-1-8(2-4-9)10-5-11(16)15(7-14-10)6-12(17)18/h1-5,7H,6H2,(H,17,18). The molecule has 0 atom stereocenters. The molecule has 5 nitrogen and oxygen atoms in total. The van der Waals surface area contributed by atoms with Crippen LogP contribution in [-0.4, -0.2) is 20.6 Å². The lowest BCUT2D eigenvalue weighted by molar-refractivity contribution is -0.137. The number of halogens is 1. The minimum atomic E-state index is -1.12. The van der Waals surface area contributed by atoms with Gasteiger partial charge >= 0.3 is 5.97 Å². The molecule has 1 aromatic carbocycles. The summed E-state index contributed by atoms with van der Waals surface area (Å²) in [4.78, 5) is 26.1. The van der Waals surface area contributed by atoms with Gasteiger partial charge in [0.1, 0.15) is 12.4 Å². The lowest BCUT2D eigenvalue weighted by atomic mass is 10.1. The first-order valence-corrected chi connectivity index (χ1v) is 5.10. The van der Waals surface area contributed by atoms with Gasteiger partial charge in [0.2, 0.25) is 0 Å². The van der Waals surface area contributed by atoms with Crippen LogP contribution in [0, 0.1) is 5.82 Å². The van der Waals surface area contributed by atoms with E-state index in [1.807, 2.05) is 0 Å². The highest BCUT2D eigenvalue weighted by Gasteiger charge is 2.05. The number of carbonyl (C=O) groups is 1. The molecule has 0 aliphatic rings. The molecule has 1 N–H and O–H groups in total. The molecule has 0 fully saturated rings. The van der Waals surface area contributed by atoms with E-state index < -0.39 is 18.1 Å². The van der Waals surface area contributed by atoms with Crippen molar-refractivity contribution >= 4 is 5.97 Å². The van der Waals surface area contributed by atoms with Crippen molar-refractivity contribution in [2.45, 2.75) is 6.54 Å². The fourth-order valence-electron chi connectivity index (χ4n) is 1.47. The maximum atomic E-state index is 12.7. The van der Waals surface area contributed by atoms with Crippen LogP contribution in [0.5, 0.6) is 0 Å². The second-order valence-electron chi connectivity index (χ2n) is 3.64. The number of rotatable bonds is 3. The van der Waals surface area contributed by atoms with E-state index in [0.29, 0.717) is 11.3 Å². The molecule has 0 amide bonds. The number of benzene rings is 1. The maximum absolute atomic E-state index is 12.7. The Morgan fingerprint density at radius 3 is 2.56 bits per heavy atom. The van der Waals surface area contributed by atoms with E-state index >= 15 is 0 Å². The minimum absolute atomic E-state index is 0.377. The first kappa shape index (κ1) is 12.0. The molecule has 92 valence electrons. The number of carboxylic acids is 1. The molecule has 0 aliphatic carbocycles. The van der Waals surface area contributed by atoms with Crippen LogP contribution in [0.15, 0.2) is 41.5 Å². The van der Waals surface area contributed by atoms with E-state index in [1.54, 1.807) is 0 Å². The first-order chi connectivity index (χ1) is 8.56. The zero-order chi connectivity index (χ0) is 13.1. The predicted octanol–water partition coefficient (Wildman–Crippen LogP) is 1.13. The molecule has 1 aromatic heterocycles. The maximum Gasteiger partial charge on any atom is 0.323 e. The van der Waals surface area contributed by atoms with Crippen molar-refractivity contribution in [2.24, 2.45) is 0 Å². The van der Waals surface area contributed by atoms with Crippen LogP contribution in [0.1, 0.15) is 0 Å². The van der Waals surface area contributed by atoms with Crippen LogP contribution in [-0.2, 0) is 11.3 Å². The second-order valence-corrected chi connectivity index (χ2v) is 3.64. The second kappa shape index (κ2) is 4.79. The van der Waals surface area contributed by atoms with Crippen LogP contribution >= 0.6 is 0 Å². The quantitative estimate of drug-likeness (QED) is 0.883. The van der Waals surface area contributed by atoms with Gasteiger partial charge in [0, 0.05) is 11.6 Å². The number of aliphatic carboxylic acids is 1. The molecule has 0 spiro atoms. The third-order valence-corrected chi connectivity index (χ3v) is 2.33. The van der Waals surface area contributed by atoms with Crippen LogP contribution in [0.3, 0.4) is 0 Å². The first-order valence-electron chi connectivity index (χ1n) is 5.10. The molecule has 2 aromatic rings. The molecule has 0 saturated heterocycles. The fourth-order valence-corrected chi connectivity index (χ4v) is 1.47. The Morgan fingerprint density at radius 2 is 2.00 bits per heavy atom. The molecule has 1 heterocycles. The normalized spacial score (nSPS) is 10.3. The average molecular weight is 248 g/mol. The van der Waals surface area contributed by atoms with Gasteiger partial charge in [0.05, 0.1) is 12.0 Å². The van der Waals surface area contributed by atoms with Gasteiger partial charge in [0.15, 0.2) is 0 Å². The molecule has 0 aliphatic heterocycles. The van der Waals surface area contributed by atoms with Crippen molar-refractivity contribution in [2.75, 3.05) is 0 Å². The minimum Gasteiger partial charge on any atom is -0.480 e. The molecular weight excluding hydrogens is 239 g/mol. The van der Waals surface area contributed by atoms with Gasteiger partial charge in [-0.25, -0.2) is 9.37 Å². The van der Waals surface area contributed by atoms with E-state index in [9.17, 15) is 14.0 Å². The Labute approximate surface area is 101 Å². The van der Waals surface area contributed by atoms with Gasteiger partial charge < -0.3 is 5.11 Å². The van der Waals surface area contributed by atoms with Gasteiger partial charge in [-0.15, -0.1) is 0 Å². The van der Waals surface area contributed by atoms with Crippen molar-refractivity contribution < 1.29 is 14.3 Å². The highest BCUT2D eigenvalue weighted by Crippen LogP contribution is 2.14. The average Bonchev–Trinajstić information content (AvgIpc) is 2.32. The predicted molar refractivity (Wildman–Crippen MR) is 61.5 cm³/mol. The summed E-state index contributed by atoms with van der Waals surface area (Å²) < 4.78 is 13.7. The zero-order valence-electron chi connectivity index (χ0n) is 9.21. The molecule has 6 heteroatoms. The number of nitrogens with zero attached hydrogens (tertiary/aromatic N) is 2. The Morgan fingerprint density at radius 1 is 1.33 bits per heavy atom. The van der Waals surface area contributed by atoms with Crippen LogP contribution in [0.2, 0.25) is 0 Å². The highest BCUT2D eigenvalue weighted by atomic mass is 19.1. The summed E-state index contributed by atoms with van der Waals surface area (Å²) in [5.41, 5.74) is 0.504. The molecule has 2 rings (SSSR count). The Kier molecular flexibility index (Phi) is 3.18. The van der Waals surface area contributed by atoms with Crippen molar-refractivity contribution in [1.82, 2.24) is 9.55 Å². The fraction of sp³-hybridized carbons (Fsp3) is 0.0833. The molecule has 18 heavy (non-hydrogen) atoms. The Hall–Kier alpha value is -2.50. The van der Waals surface area contributed by atoms with E-state index in [2.05, 4.69) is 4.98 Å². The summed E-state index contributed by atoms with van der Waals surface area (Å²) in [6.45, 7) is -0.435. The summed E-state index contributed by atoms with van der Waals surface area (Å²) in [5, 5.41) is 8.58. The van der Waals surface area contributed by atoms with E-state index in [1.165, 1.54) is 30.3 Å². The monoisotopic (exact) mass is 248 g/mol. The molecule has 0 radical (unpaired) electrons. The Balaban J connectivity index is 2.37. The summed E-state index contributed by atoms with van der Waals surface area (Å²) in [6.07, 6.45) is 1.16. The van der Waals surface area contributed by atoms with E-state index in [4.69, 9.17) is 5.11 Å². The molecule has 0 unspecified atom stereocenters. The third-order valence-electron chi connectivity index (χ3n) is 2.33. The lowest BCUT2D eigenvalue weighted by Gasteiger charge is -2.03. The van der Waals surface area contributed by atoms with Crippen LogP contribution in [0.25, 0.3) is 11.3 Å². The van der Waals surface area contributed by atoms with E-state index in [-0.39, 0.29) is 5.82 Å². The summed E-state index contributed by atoms with van der Waals surface area (Å²) in [5.74, 6) is -1.49. The van der Waals surface area contributed by atoms with Crippen molar-refractivity contribution in [3.63, 3.8) is 0 Å². The van der Waals surface area contributed by atoms with Crippen molar-refractivity contribution in [1.29, 1.82) is 0 Å². The number of carboxylic acid groups (broad SMARTS) is 1. The Bertz CT molecular complexity index is 635. The van der Waals surface area contributed by atoms with Gasteiger partial charge in [-0.2, -0.15) is 0 Å². The SMILES string of the molecule is O=C(O)Cn1cnc(-c2ccc(F)cc2)cc1=O. The van der Waals surface area contributed by atoms with Crippen LogP contribution in [0.4, 0.5) is 4.39 Å². The molecule has 0 bridgehead atoms. The largest absolute Gasteiger partial charge is 0.480 e. The number of aromatic nitrogens is 2. The van der Waals surface area contributed by atoms with Gasteiger partial charge in [-0.05, 0) is 24.3 Å².